The molecule has 0 fully saturated rings. The highest BCUT2D eigenvalue weighted by atomic mass is 16.4. The summed E-state index contributed by atoms with van der Waals surface area (Å²) >= 11 is 0. The molecule has 1 rings (SSSR count). The first-order chi connectivity index (χ1) is 17.4. The summed E-state index contributed by atoms with van der Waals surface area (Å²) in [7, 11) is 0. The standard InChI is InChI=1S/C23H35N7O7/c24-9-5-4-8-15(28-20(33)14(25)11-18(26)31)21(34)29-16(10-13-6-2-1-3-7-13)22(35)30-17(23(36)37)12-19(27)32/h1-3,6-7,14-17H,4-5,8-12,24-25H2,(H2,26,31)(H2,27,32)(H,28,33)(H,29,34)(H,30,35)(H,36,37). The monoisotopic (exact) mass is 521 g/mol. The zero-order chi connectivity index (χ0) is 28.0. The van der Waals surface area contributed by atoms with E-state index in [1.54, 1.807) is 30.3 Å². The number of amides is 5. The van der Waals surface area contributed by atoms with Gasteiger partial charge in [0, 0.05) is 6.42 Å². The highest BCUT2D eigenvalue weighted by molar-refractivity contribution is 5.95. The van der Waals surface area contributed by atoms with E-state index in [2.05, 4.69) is 16.0 Å². The Kier molecular flexibility index (Phi) is 13.3. The van der Waals surface area contributed by atoms with Gasteiger partial charge in [-0.1, -0.05) is 30.3 Å². The van der Waals surface area contributed by atoms with E-state index in [1.165, 1.54) is 0 Å². The molecule has 0 aromatic heterocycles. The zero-order valence-corrected chi connectivity index (χ0v) is 20.4. The minimum Gasteiger partial charge on any atom is -0.480 e. The van der Waals surface area contributed by atoms with Crippen molar-refractivity contribution in [1.82, 2.24) is 16.0 Å². The smallest absolute Gasteiger partial charge is 0.326 e. The fourth-order valence-electron chi connectivity index (χ4n) is 3.35. The average molecular weight is 522 g/mol. The Labute approximate surface area is 213 Å². The van der Waals surface area contributed by atoms with E-state index in [4.69, 9.17) is 22.9 Å². The van der Waals surface area contributed by atoms with Gasteiger partial charge in [0.2, 0.25) is 29.5 Å². The minimum atomic E-state index is -1.60. The molecule has 0 aliphatic heterocycles. The van der Waals surface area contributed by atoms with Crippen LogP contribution < -0.4 is 38.9 Å². The Morgan fingerprint density at radius 2 is 1.30 bits per heavy atom. The van der Waals surface area contributed by atoms with Crippen molar-refractivity contribution in [3.63, 3.8) is 0 Å². The largest absolute Gasteiger partial charge is 0.480 e. The first-order valence-electron chi connectivity index (χ1n) is 11.6. The third-order valence-electron chi connectivity index (χ3n) is 5.27. The molecule has 37 heavy (non-hydrogen) atoms. The Balaban J connectivity index is 3.13. The minimum absolute atomic E-state index is 0.0218. The summed E-state index contributed by atoms with van der Waals surface area (Å²) in [5.41, 5.74) is 22.0. The van der Waals surface area contributed by atoms with E-state index in [0.717, 1.165) is 0 Å². The molecular weight excluding hydrogens is 486 g/mol. The van der Waals surface area contributed by atoms with E-state index in [1.807, 2.05) is 0 Å². The van der Waals surface area contributed by atoms with Crippen molar-refractivity contribution in [3.05, 3.63) is 35.9 Å². The molecule has 0 aliphatic rings. The van der Waals surface area contributed by atoms with Crippen LogP contribution in [0.15, 0.2) is 30.3 Å². The summed E-state index contributed by atoms with van der Waals surface area (Å²) in [5, 5.41) is 16.5. The number of carbonyl (C=O) groups excluding carboxylic acids is 5. The van der Waals surface area contributed by atoms with Crippen LogP contribution in [0.1, 0.15) is 37.7 Å². The third-order valence-corrected chi connectivity index (χ3v) is 5.27. The molecule has 12 N–H and O–H groups in total. The van der Waals surface area contributed by atoms with Gasteiger partial charge in [0.1, 0.15) is 18.1 Å². The predicted molar refractivity (Wildman–Crippen MR) is 132 cm³/mol. The van der Waals surface area contributed by atoms with Crippen molar-refractivity contribution in [3.8, 4) is 0 Å². The molecule has 0 aliphatic carbocycles. The van der Waals surface area contributed by atoms with Crippen LogP contribution in [0.5, 0.6) is 0 Å². The lowest BCUT2D eigenvalue weighted by molar-refractivity contribution is -0.143. The summed E-state index contributed by atoms with van der Waals surface area (Å²) in [6.07, 6.45) is 0.0493. The highest BCUT2D eigenvalue weighted by Crippen LogP contribution is 2.08. The molecule has 1 aromatic carbocycles. The number of carbonyl (C=O) groups is 6. The molecule has 4 atom stereocenters. The number of unbranched alkanes of at least 4 members (excludes halogenated alkanes) is 1. The van der Waals surface area contributed by atoms with E-state index >= 15 is 0 Å². The molecule has 0 bridgehead atoms. The molecule has 14 heteroatoms. The topological polar surface area (TPSA) is 263 Å². The Hall–Kier alpha value is -4.04. The van der Waals surface area contributed by atoms with Crippen LogP contribution in [-0.4, -0.2) is 71.3 Å². The molecule has 204 valence electrons. The molecular formula is C23H35N7O7. The van der Waals surface area contributed by atoms with Crippen LogP contribution in [0.2, 0.25) is 0 Å². The summed E-state index contributed by atoms with van der Waals surface area (Å²) in [5.74, 6) is -5.62. The van der Waals surface area contributed by atoms with Gasteiger partial charge in [-0.15, -0.1) is 0 Å². The van der Waals surface area contributed by atoms with Crippen molar-refractivity contribution in [2.24, 2.45) is 22.9 Å². The van der Waals surface area contributed by atoms with Crippen molar-refractivity contribution in [2.75, 3.05) is 6.54 Å². The number of benzene rings is 1. The van der Waals surface area contributed by atoms with Crippen molar-refractivity contribution >= 4 is 35.5 Å². The van der Waals surface area contributed by atoms with Crippen LogP contribution in [0, 0.1) is 0 Å². The molecule has 1 aromatic rings. The summed E-state index contributed by atoms with van der Waals surface area (Å²) in [6, 6.07) is 3.31. The number of nitrogens with two attached hydrogens (primary N) is 4. The molecule has 0 saturated carbocycles. The predicted octanol–water partition coefficient (Wildman–Crippen LogP) is -3.02. The Bertz CT molecular complexity index is 958. The van der Waals surface area contributed by atoms with Gasteiger partial charge in [-0.05, 0) is 31.4 Å². The molecule has 0 heterocycles. The number of carboxylic acids is 1. The maximum absolute atomic E-state index is 13.2. The SMILES string of the molecule is NCCCCC(NC(=O)C(N)CC(N)=O)C(=O)NC(Cc1ccccc1)C(=O)NC(CC(N)=O)C(=O)O. The third kappa shape index (κ3) is 12.0. The second-order valence-electron chi connectivity index (χ2n) is 8.44. The lowest BCUT2D eigenvalue weighted by atomic mass is 10.0. The van der Waals surface area contributed by atoms with Crippen LogP contribution in [0.4, 0.5) is 0 Å². The first kappa shape index (κ1) is 31.0. The maximum Gasteiger partial charge on any atom is 0.326 e. The molecule has 5 amide bonds. The average Bonchev–Trinajstić information content (AvgIpc) is 2.82. The van der Waals surface area contributed by atoms with Gasteiger partial charge in [-0.2, -0.15) is 0 Å². The van der Waals surface area contributed by atoms with Crippen LogP contribution in [-0.2, 0) is 35.2 Å². The normalized spacial score (nSPS) is 13.9. The van der Waals surface area contributed by atoms with E-state index < -0.39 is 72.5 Å². The molecule has 0 saturated heterocycles. The van der Waals surface area contributed by atoms with Crippen LogP contribution in [0.3, 0.4) is 0 Å². The van der Waals surface area contributed by atoms with Gasteiger partial charge >= 0.3 is 5.97 Å². The van der Waals surface area contributed by atoms with Crippen LogP contribution in [0.25, 0.3) is 0 Å². The number of primary amides is 2. The Morgan fingerprint density at radius 3 is 1.84 bits per heavy atom. The zero-order valence-electron chi connectivity index (χ0n) is 20.4. The van der Waals surface area contributed by atoms with Gasteiger partial charge < -0.3 is 44.0 Å². The fraction of sp³-hybridized carbons (Fsp3) is 0.478. The van der Waals surface area contributed by atoms with Gasteiger partial charge in [-0.3, -0.25) is 24.0 Å². The number of carboxylic acid groups (broad SMARTS) is 1. The van der Waals surface area contributed by atoms with Crippen molar-refractivity contribution in [2.45, 2.75) is 62.7 Å². The van der Waals surface area contributed by atoms with Crippen molar-refractivity contribution < 1.29 is 33.9 Å². The molecule has 0 radical (unpaired) electrons. The number of nitrogens with one attached hydrogen (secondary N) is 3. The van der Waals surface area contributed by atoms with Crippen LogP contribution >= 0.6 is 0 Å². The lowest BCUT2D eigenvalue weighted by Crippen LogP contribution is -2.58. The van der Waals surface area contributed by atoms with E-state index in [0.29, 0.717) is 24.9 Å². The van der Waals surface area contributed by atoms with Gasteiger partial charge in [0.05, 0.1) is 18.9 Å². The summed E-state index contributed by atoms with van der Waals surface area (Å²) in [6.45, 7) is 0.346. The second kappa shape index (κ2) is 15.9. The lowest BCUT2D eigenvalue weighted by Gasteiger charge is -2.25. The summed E-state index contributed by atoms with van der Waals surface area (Å²) < 4.78 is 0. The fourth-order valence-corrected chi connectivity index (χ4v) is 3.35. The van der Waals surface area contributed by atoms with Crippen molar-refractivity contribution in [1.29, 1.82) is 0 Å². The molecule has 4 unspecified atom stereocenters. The number of rotatable bonds is 17. The van der Waals surface area contributed by atoms with Gasteiger partial charge in [0.25, 0.3) is 0 Å². The van der Waals surface area contributed by atoms with E-state index in [9.17, 15) is 33.9 Å². The molecule has 0 spiro atoms. The number of hydrogen-bond acceptors (Lipinski definition) is 8. The molecule has 14 nitrogen and oxygen atoms in total. The quantitative estimate of drug-likeness (QED) is 0.0968. The maximum atomic E-state index is 13.2. The highest BCUT2D eigenvalue weighted by Gasteiger charge is 2.31. The van der Waals surface area contributed by atoms with Gasteiger partial charge in [-0.25, -0.2) is 4.79 Å². The Morgan fingerprint density at radius 1 is 0.757 bits per heavy atom. The number of aliphatic carboxylic acids is 1. The first-order valence-corrected chi connectivity index (χ1v) is 11.6. The number of hydrogen-bond donors (Lipinski definition) is 8. The summed E-state index contributed by atoms with van der Waals surface area (Å²) in [4.78, 5) is 72.4. The second-order valence-corrected chi connectivity index (χ2v) is 8.44. The van der Waals surface area contributed by atoms with E-state index in [-0.39, 0.29) is 12.8 Å². The van der Waals surface area contributed by atoms with Gasteiger partial charge in [0.15, 0.2) is 0 Å².